The van der Waals surface area contributed by atoms with Crippen molar-refractivity contribution >= 4 is 23.2 Å². The predicted molar refractivity (Wildman–Crippen MR) is 82.5 cm³/mol. The Labute approximate surface area is 146 Å². The zero-order chi connectivity index (χ0) is 20.3. The number of hydrogen-bond acceptors (Lipinski definition) is 6. The number of rotatable bonds is 7. The van der Waals surface area contributed by atoms with Crippen molar-refractivity contribution in [1.82, 2.24) is 0 Å². The van der Waals surface area contributed by atoms with Crippen LogP contribution in [0.1, 0.15) is 43.1 Å². The molecule has 7 nitrogen and oxygen atoms in total. The van der Waals surface area contributed by atoms with E-state index in [-0.39, 0.29) is 12.7 Å². The lowest BCUT2D eigenvalue weighted by Crippen LogP contribution is -2.36. The van der Waals surface area contributed by atoms with E-state index < -0.39 is 57.3 Å². The van der Waals surface area contributed by atoms with E-state index in [1.54, 1.807) is 0 Å². The number of alkyl halides is 3. The minimum absolute atomic E-state index is 0.00780. The van der Waals surface area contributed by atoms with E-state index in [9.17, 15) is 37.7 Å². The van der Waals surface area contributed by atoms with Gasteiger partial charge in [0.1, 0.15) is 5.41 Å². The van der Waals surface area contributed by atoms with E-state index in [0.29, 0.717) is 12.1 Å². The van der Waals surface area contributed by atoms with Gasteiger partial charge < -0.3 is 4.74 Å². The summed E-state index contributed by atoms with van der Waals surface area (Å²) < 4.78 is 42.8. The van der Waals surface area contributed by atoms with Crippen molar-refractivity contribution in [3.8, 4) is 0 Å². The van der Waals surface area contributed by atoms with Gasteiger partial charge in [-0.3, -0.25) is 24.5 Å². The topological polar surface area (TPSA) is 104 Å². The first-order chi connectivity index (χ1) is 11.8. The molecule has 0 spiro atoms. The number of halogens is 3. The Balaban J connectivity index is 3.16. The smallest absolute Gasteiger partial charge is 0.416 e. The fourth-order valence-electron chi connectivity index (χ4n) is 1.98. The fraction of sp³-hybridized carbons (Fsp3) is 0.438. The van der Waals surface area contributed by atoms with Gasteiger partial charge in [-0.15, -0.1) is 0 Å². The Hall–Kier alpha value is -2.78. The van der Waals surface area contributed by atoms with Gasteiger partial charge >= 0.3 is 12.1 Å². The van der Waals surface area contributed by atoms with E-state index in [1.807, 2.05) is 0 Å². The Kier molecular flexibility index (Phi) is 6.24. The third-order valence-electron chi connectivity index (χ3n) is 3.63. The number of hydrogen-bond donors (Lipinski definition) is 0. The number of benzene rings is 1. The fourth-order valence-corrected chi connectivity index (χ4v) is 1.98. The summed E-state index contributed by atoms with van der Waals surface area (Å²) in [6.45, 7) is 3.98. The maximum absolute atomic E-state index is 12.7. The maximum Gasteiger partial charge on any atom is 0.416 e. The SMILES string of the molecule is CCOC(=O)C(C)(C)C(=O)CC(=O)c1ccc(C(F)(F)F)cc1[N+](=O)[O-]. The summed E-state index contributed by atoms with van der Waals surface area (Å²) >= 11 is 0. The van der Waals surface area contributed by atoms with E-state index >= 15 is 0 Å². The van der Waals surface area contributed by atoms with Crippen molar-refractivity contribution in [1.29, 1.82) is 0 Å². The van der Waals surface area contributed by atoms with Crippen LogP contribution in [-0.2, 0) is 20.5 Å². The molecule has 142 valence electrons. The van der Waals surface area contributed by atoms with Crippen molar-refractivity contribution in [3.05, 3.63) is 39.4 Å². The largest absolute Gasteiger partial charge is 0.465 e. The molecule has 0 atom stereocenters. The lowest BCUT2D eigenvalue weighted by atomic mass is 9.84. The van der Waals surface area contributed by atoms with Crippen LogP contribution >= 0.6 is 0 Å². The second-order valence-corrected chi connectivity index (χ2v) is 5.86. The molecule has 10 heteroatoms. The van der Waals surface area contributed by atoms with E-state index in [2.05, 4.69) is 0 Å². The summed E-state index contributed by atoms with van der Waals surface area (Å²) in [4.78, 5) is 46.1. The number of ketones is 2. The molecule has 0 aliphatic heterocycles. The van der Waals surface area contributed by atoms with Crippen molar-refractivity contribution in [2.45, 2.75) is 33.4 Å². The third kappa shape index (κ3) is 4.64. The van der Waals surface area contributed by atoms with Crippen LogP contribution < -0.4 is 0 Å². The third-order valence-corrected chi connectivity index (χ3v) is 3.63. The van der Waals surface area contributed by atoms with Crippen LogP contribution in [0.4, 0.5) is 18.9 Å². The summed E-state index contributed by atoms with van der Waals surface area (Å²) in [5.41, 5.74) is -4.67. The zero-order valence-electron chi connectivity index (χ0n) is 14.2. The highest BCUT2D eigenvalue weighted by molar-refractivity contribution is 6.15. The Morgan fingerprint density at radius 2 is 1.77 bits per heavy atom. The van der Waals surface area contributed by atoms with Crippen LogP contribution in [0.15, 0.2) is 18.2 Å². The normalized spacial score (nSPS) is 11.8. The predicted octanol–water partition coefficient (Wildman–Crippen LogP) is 3.34. The molecule has 0 N–H and O–H groups in total. The number of esters is 1. The first-order valence-corrected chi connectivity index (χ1v) is 7.41. The summed E-state index contributed by atoms with van der Waals surface area (Å²) in [6, 6.07) is 1.39. The number of nitrogens with zero attached hydrogens (tertiary/aromatic N) is 1. The van der Waals surface area contributed by atoms with Crippen LogP contribution in [0.25, 0.3) is 0 Å². The van der Waals surface area contributed by atoms with Gasteiger partial charge in [-0.05, 0) is 32.9 Å². The molecule has 26 heavy (non-hydrogen) atoms. The molecule has 0 amide bonds. The number of nitro benzene ring substituents is 1. The van der Waals surface area contributed by atoms with Crippen molar-refractivity contribution in [2.24, 2.45) is 5.41 Å². The molecule has 0 saturated heterocycles. The molecule has 0 saturated carbocycles. The van der Waals surface area contributed by atoms with Gasteiger partial charge in [0.2, 0.25) is 0 Å². The molecule has 0 bridgehead atoms. The van der Waals surface area contributed by atoms with E-state index in [1.165, 1.54) is 20.8 Å². The summed E-state index contributed by atoms with van der Waals surface area (Å²) in [5.74, 6) is -2.80. The quantitative estimate of drug-likeness (QED) is 0.238. The van der Waals surface area contributed by atoms with Crippen molar-refractivity contribution in [3.63, 3.8) is 0 Å². The van der Waals surface area contributed by atoms with Gasteiger partial charge in [-0.2, -0.15) is 13.2 Å². The molecule has 1 aromatic carbocycles. The number of carbonyl (C=O) groups excluding carboxylic acids is 3. The summed E-state index contributed by atoms with van der Waals surface area (Å²) in [5, 5.41) is 11.0. The van der Waals surface area contributed by atoms with E-state index in [4.69, 9.17) is 4.74 Å². The highest BCUT2D eigenvalue weighted by atomic mass is 19.4. The second kappa shape index (κ2) is 7.63. The van der Waals surface area contributed by atoms with Gasteiger partial charge in [0.25, 0.3) is 5.69 Å². The van der Waals surface area contributed by atoms with Gasteiger partial charge in [0.05, 0.1) is 29.1 Å². The van der Waals surface area contributed by atoms with Crippen LogP contribution in [-0.4, -0.2) is 29.1 Å². The van der Waals surface area contributed by atoms with Crippen molar-refractivity contribution in [2.75, 3.05) is 6.61 Å². The lowest BCUT2D eigenvalue weighted by molar-refractivity contribution is -0.385. The Morgan fingerprint density at radius 1 is 1.19 bits per heavy atom. The van der Waals surface area contributed by atoms with Crippen LogP contribution in [0.5, 0.6) is 0 Å². The zero-order valence-corrected chi connectivity index (χ0v) is 14.2. The number of nitro groups is 1. The van der Waals surface area contributed by atoms with Crippen LogP contribution in [0.2, 0.25) is 0 Å². The average Bonchev–Trinajstić information content (AvgIpc) is 2.53. The molecule has 0 aliphatic carbocycles. The molecule has 0 fully saturated rings. The first kappa shape index (κ1) is 21.3. The van der Waals surface area contributed by atoms with Gasteiger partial charge in [0.15, 0.2) is 11.6 Å². The molecular weight excluding hydrogens is 359 g/mol. The van der Waals surface area contributed by atoms with Gasteiger partial charge in [-0.1, -0.05) is 0 Å². The first-order valence-electron chi connectivity index (χ1n) is 7.41. The molecule has 0 unspecified atom stereocenters. The number of ether oxygens (including phenoxy) is 1. The monoisotopic (exact) mass is 375 g/mol. The lowest BCUT2D eigenvalue weighted by Gasteiger charge is -2.20. The Morgan fingerprint density at radius 3 is 2.23 bits per heavy atom. The highest BCUT2D eigenvalue weighted by Gasteiger charge is 2.39. The molecule has 0 aliphatic rings. The number of carbonyl (C=O) groups is 3. The van der Waals surface area contributed by atoms with Gasteiger partial charge in [0, 0.05) is 6.07 Å². The molecule has 0 radical (unpaired) electrons. The molecule has 1 rings (SSSR count). The molecule has 1 aromatic rings. The standard InChI is InChI=1S/C16H16F3NO6/c1-4-26-14(23)15(2,3)13(22)8-12(21)10-6-5-9(16(17,18)19)7-11(10)20(24)25/h5-7H,4,8H2,1-3H3. The number of Topliss-reactive ketones (excluding diaryl/α,β-unsaturated/α-hetero) is 2. The average molecular weight is 375 g/mol. The molecule has 0 aromatic heterocycles. The second-order valence-electron chi connectivity index (χ2n) is 5.86. The molecule has 0 heterocycles. The minimum Gasteiger partial charge on any atom is -0.465 e. The highest BCUT2D eigenvalue weighted by Crippen LogP contribution is 2.33. The minimum atomic E-state index is -4.83. The summed E-state index contributed by atoms with van der Waals surface area (Å²) in [7, 11) is 0. The maximum atomic E-state index is 12.7. The van der Waals surface area contributed by atoms with Crippen molar-refractivity contribution < 1.29 is 37.2 Å². The van der Waals surface area contributed by atoms with Crippen LogP contribution in [0.3, 0.4) is 0 Å². The summed E-state index contributed by atoms with van der Waals surface area (Å²) in [6.07, 6.45) is -5.72. The van der Waals surface area contributed by atoms with Gasteiger partial charge in [-0.25, -0.2) is 0 Å². The van der Waals surface area contributed by atoms with Crippen LogP contribution in [0, 0.1) is 15.5 Å². The van der Waals surface area contributed by atoms with E-state index in [0.717, 1.165) is 0 Å². The Bertz CT molecular complexity index is 755. The molecular formula is C16H16F3NO6.